The first-order chi connectivity index (χ1) is 11.0. The molecule has 1 aromatic rings. The summed E-state index contributed by atoms with van der Waals surface area (Å²) in [5.74, 6) is 0.0204. The van der Waals surface area contributed by atoms with E-state index in [1.807, 2.05) is 6.08 Å². The number of rotatable bonds is 6. The van der Waals surface area contributed by atoms with Crippen LogP contribution >= 0.6 is 0 Å². The van der Waals surface area contributed by atoms with Gasteiger partial charge in [0.1, 0.15) is 5.75 Å². The molecular weight excluding hydrogens is 306 g/mol. The normalized spacial score (nSPS) is 18.5. The summed E-state index contributed by atoms with van der Waals surface area (Å²) in [7, 11) is 0. The van der Waals surface area contributed by atoms with Crippen molar-refractivity contribution in [2.45, 2.75) is 38.0 Å². The van der Waals surface area contributed by atoms with Crippen molar-refractivity contribution in [1.82, 2.24) is 10.6 Å². The van der Waals surface area contributed by atoms with E-state index in [9.17, 15) is 18.7 Å². The number of allylic oxidation sites excluding steroid dienone is 1. The Morgan fingerprint density at radius 2 is 2.04 bits per heavy atom. The van der Waals surface area contributed by atoms with Crippen LogP contribution in [0.5, 0.6) is 5.75 Å². The predicted octanol–water partition coefficient (Wildman–Crippen LogP) is 2.73. The number of carbonyl (C=O) groups is 1. The molecule has 0 heterocycles. The molecule has 7 heteroatoms. The highest BCUT2D eigenvalue weighted by Crippen LogP contribution is 2.19. The molecule has 23 heavy (non-hydrogen) atoms. The smallest absolute Gasteiger partial charge is 0.387 e. The van der Waals surface area contributed by atoms with Gasteiger partial charge in [0.25, 0.3) is 0 Å². The average molecular weight is 326 g/mol. The number of aliphatic hydroxyl groups excluding tert-OH is 1. The molecule has 3 N–H and O–H groups in total. The molecule has 0 fully saturated rings. The molecule has 2 atom stereocenters. The molecule has 1 aliphatic rings. The second kappa shape index (κ2) is 8.47. The van der Waals surface area contributed by atoms with Gasteiger partial charge in [-0.2, -0.15) is 8.78 Å². The van der Waals surface area contributed by atoms with Gasteiger partial charge in [0.05, 0.1) is 6.10 Å². The Morgan fingerprint density at radius 1 is 1.30 bits per heavy atom. The van der Waals surface area contributed by atoms with E-state index in [1.54, 1.807) is 0 Å². The van der Waals surface area contributed by atoms with Crippen LogP contribution in [0.4, 0.5) is 13.6 Å². The van der Waals surface area contributed by atoms with Gasteiger partial charge < -0.3 is 20.5 Å². The monoisotopic (exact) mass is 326 g/mol. The van der Waals surface area contributed by atoms with Crippen molar-refractivity contribution in [1.29, 1.82) is 0 Å². The fourth-order valence-electron chi connectivity index (χ4n) is 2.34. The van der Waals surface area contributed by atoms with Crippen LogP contribution < -0.4 is 15.4 Å². The molecule has 0 aliphatic heterocycles. The number of amides is 2. The third kappa shape index (κ3) is 5.86. The summed E-state index contributed by atoms with van der Waals surface area (Å²) < 4.78 is 28.3. The minimum absolute atomic E-state index is 0.0204. The fourth-order valence-corrected chi connectivity index (χ4v) is 2.34. The molecule has 126 valence electrons. The summed E-state index contributed by atoms with van der Waals surface area (Å²) >= 11 is 0. The van der Waals surface area contributed by atoms with Gasteiger partial charge in [-0.1, -0.05) is 24.3 Å². The second-order valence-corrected chi connectivity index (χ2v) is 5.30. The zero-order chi connectivity index (χ0) is 16.7. The van der Waals surface area contributed by atoms with Crippen molar-refractivity contribution in [3.05, 3.63) is 42.0 Å². The summed E-state index contributed by atoms with van der Waals surface area (Å²) in [6, 6.07) is 5.44. The maximum atomic E-state index is 12.1. The molecule has 5 nitrogen and oxygen atoms in total. The predicted molar refractivity (Wildman–Crippen MR) is 81.3 cm³/mol. The first-order valence-corrected chi connectivity index (χ1v) is 7.47. The van der Waals surface area contributed by atoms with E-state index in [2.05, 4.69) is 21.4 Å². The van der Waals surface area contributed by atoms with Gasteiger partial charge in [-0.3, -0.25) is 0 Å². The fraction of sp³-hybridized carbons (Fsp3) is 0.438. The van der Waals surface area contributed by atoms with E-state index in [0.717, 1.165) is 19.3 Å². The van der Waals surface area contributed by atoms with Gasteiger partial charge in [-0.05, 0) is 37.0 Å². The number of aliphatic hydroxyl groups is 1. The summed E-state index contributed by atoms with van der Waals surface area (Å²) in [4.78, 5) is 11.8. The lowest BCUT2D eigenvalue weighted by molar-refractivity contribution is -0.0498. The highest BCUT2D eigenvalue weighted by atomic mass is 19.3. The molecule has 2 rings (SSSR count). The average Bonchev–Trinajstić information content (AvgIpc) is 2.54. The number of urea groups is 1. The summed E-state index contributed by atoms with van der Waals surface area (Å²) in [6.07, 6.45) is 5.85. The van der Waals surface area contributed by atoms with E-state index in [4.69, 9.17) is 0 Å². The molecule has 0 spiro atoms. The third-order valence-corrected chi connectivity index (χ3v) is 3.55. The SMILES string of the molecule is O=C(NCC(O)c1ccc(OC(F)F)cc1)NC1CC=CCC1. The highest BCUT2D eigenvalue weighted by molar-refractivity contribution is 5.74. The van der Waals surface area contributed by atoms with Gasteiger partial charge in [-0.25, -0.2) is 4.79 Å². The minimum atomic E-state index is -2.88. The lowest BCUT2D eigenvalue weighted by Gasteiger charge is -2.20. The van der Waals surface area contributed by atoms with Crippen LogP contribution in [0.1, 0.15) is 30.9 Å². The first kappa shape index (κ1) is 17.2. The molecule has 0 saturated heterocycles. The first-order valence-electron chi connectivity index (χ1n) is 7.47. The molecule has 2 amide bonds. The van der Waals surface area contributed by atoms with Gasteiger partial charge in [-0.15, -0.1) is 0 Å². The lowest BCUT2D eigenvalue weighted by Crippen LogP contribution is -2.43. The van der Waals surface area contributed by atoms with Crippen LogP contribution in [-0.2, 0) is 0 Å². The van der Waals surface area contributed by atoms with E-state index < -0.39 is 12.7 Å². The summed E-state index contributed by atoms with van der Waals surface area (Å²) in [5.41, 5.74) is 0.507. The maximum Gasteiger partial charge on any atom is 0.387 e. The van der Waals surface area contributed by atoms with E-state index >= 15 is 0 Å². The van der Waals surface area contributed by atoms with E-state index in [-0.39, 0.29) is 24.4 Å². The highest BCUT2D eigenvalue weighted by Gasteiger charge is 2.14. The number of hydrogen-bond acceptors (Lipinski definition) is 3. The number of nitrogens with one attached hydrogen (secondary N) is 2. The molecule has 1 aromatic carbocycles. The number of halogens is 2. The molecule has 0 radical (unpaired) electrons. The Balaban J connectivity index is 1.76. The van der Waals surface area contributed by atoms with Gasteiger partial charge in [0.2, 0.25) is 0 Å². The molecule has 0 aromatic heterocycles. The van der Waals surface area contributed by atoms with Crippen molar-refractivity contribution in [3.63, 3.8) is 0 Å². The van der Waals surface area contributed by atoms with Crippen LogP contribution in [0.25, 0.3) is 0 Å². The number of hydrogen-bond donors (Lipinski definition) is 3. The van der Waals surface area contributed by atoms with E-state index in [0.29, 0.717) is 5.56 Å². The number of benzene rings is 1. The minimum Gasteiger partial charge on any atom is -0.435 e. The van der Waals surface area contributed by atoms with Gasteiger partial charge >= 0.3 is 12.6 Å². The van der Waals surface area contributed by atoms with Crippen LogP contribution in [0, 0.1) is 0 Å². The van der Waals surface area contributed by atoms with E-state index in [1.165, 1.54) is 24.3 Å². The van der Waals surface area contributed by atoms with Crippen molar-refractivity contribution in [2.24, 2.45) is 0 Å². The number of alkyl halides is 2. The van der Waals surface area contributed by atoms with Crippen LogP contribution in [0.2, 0.25) is 0 Å². The largest absolute Gasteiger partial charge is 0.435 e. The van der Waals surface area contributed by atoms with Gasteiger partial charge in [0, 0.05) is 12.6 Å². The lowest BCUT2D eigenvalue weighted by atomic mass is 10.0. The topological polar surface area (TPSA) is 70.6 Å². The van der Waals surface area contributed by atoms with Crippen LogP contribution in [0.3, 0.4) is 0 Å². The molecule has 1 aliphatic carbocycles. The molecule has 0 saturated carbocycles. The zero-order valence-corrected chi connectivity index (χ0v) is 12.5. The number of ether oxygens (including phenoxy) is 1. The Bertz CT molecular complexity index is 535. The molecular formula is C16H20F2N2O3. The Morgan fingerprint density at radius 3 is 2.65 bits per heavy atom. The van der Waals surface area contributed by atoms with Crippen molar-refractivity contribution in [2.75, 3.05) is 6.54 Å². The summed E-state index contributed by atoms with van der Waals surface area (Å²) in [5, 5.41) is 15.4. The van der Waals surface area contributed by atoms with Crippen molar-refractivity contribution < 1.29 is 23.4 Å². The maximum absolute atomic E-state index is 12.1. The van der Waals surface area contributed by atoms with Crippen LogP contribution in [0.15, 0.2) is 36.4 Å². The quantitative estimate of drug-likeness (QED) is 0.704. The van der Waals surface area contributed by atoms with Crippen LogP contribution in [-0.4, -0.2) is 30.3 Å². The van der Waals surface area contributed by atoms with Crippen molar-refractivity contribution in [3.8, 4) is 5.75 Å². The number of carbonyl (C=O) groups excluding carboxylic acids is 1. The molecule has 0 bridgehead atoms. The van der Waals surface area contributed by atoms with Gasteiger partial charge in [0.15, 0.2) is 0 Å². The zero-order valence-electron chi connectivity index (χ0n) is 12.5. The van der Waals surface area contributed by atoms with Crippen molar-refractivity contribution >= 4 is 6.03 Å². The Kier molecular flexibility index (Phi) is 6.34. The Labute approximate surface area is 133 Å². The Hall–Kier alpha value is -2.15. The summed E-state index contributed by atoms with van der Waals surface area (Å²) in [6.45, 7) is -2.85. The third-order valence-electron chi connectivity index (χ3n) is 3.55. The molecule has 2 unspecified atom stereocenters. The standard InChI is InChI=1S/C16H20F2N2O3/c17-15(18)23-13-8-6-11(7-9-13)14(21)10-19-16(22)20-12-4-2-1-3-5-12/h1-2,6-9,12,14-15,21H,3-5,10H2,(H2,19,20,22). The second-order valence-electron chi connectivity index (χ2n) is 5.30.